The van der Waals surface area contributed by atoms with E-state index < -0.39 is 36.5 Å². The summed E-state index contributed by atoms with van der Waals surface area (Å²) in [5.74, 6) is -1.74. The Kier molecular flexibility index (Phi) is 4.92. The molecule has 1 saturated heterocycles. The summed E-state index contributed by atoms with van der Waals surface area (Å²) in [6.45, 7) is 0.874. The van der Waals surface area contributed by atoms with E-state index in [1.54, 1.807) is 0 Å². The minimum atomic E-state index is -1.04. The van der Waals surface area contributed by atoms with Crippen LogP contribution in [0.1, 0.15) is 24.5 Å². The smallest absolute Gasteiger partial charge is 0.327 e. The third-order valence-electron chi connectivity index (χ3n) is 4.56. The second-order valence-corrected chi connectivity index (χ2v) is 6.58. The minimum Gasteiger partial charge on any atom is -0.451 e. The van der Waals surface area contributed by atoms with Crippen molar-refractivity contribution in [3.8, 4) is 0 Å². The van der Waals surface area contributed by atoms with Crippen molar-refractivity contribution in [1.29, 1.82) is 0 Å². The van der Waals surface area contributed by atoms with Crippen molar-refractivity contribution in [3.05, 3.63) is 29.3 Å². The van der Waals surface area contributed by atoms with Gasteiger partial charge in [0.15, 0.2) is 6.10 Å². The van der Waals surface area contributed by atoms with Crippen molar-refractivity contribution in [2.24, 2.45) is 0 Å². The second kappa shape index (κ2) is 7.15. The lowest BCUT2D eigenvalue weighted by molar-refractivity contribution is -0.154. The van der Waals surface area contributed by atoms with Crippen molar-refractivity contribution in [3.63, 3.8) is 0 Å². The number of esters is 1. The number of carbonyl (C=O) groups excluding carboxylic acids is 4. The molecule has 0 radical (unpaired) electrons. The van der Waals surface area contributed by atoms with Crippen LogP contribution < -0.4 is 5.32 Å². The van der Waals surface area contributed by atoms with Gasteiger partial charge in [0.1, 0.15) is 13.1 Å². The van der Waals surface area contributed by atoms with E-state index in [2.05, 4.69) is 5.32 Å². The Morgan fingerprint density at radius 3 is 2.65 bits per heavy atom. The molecule has 1 N–H and O–H groups in total. The predicted octanol–water partition coefficient (Wildman–Crippen LogP) is 0.939. The van der Waals surface area contributed by atoms with Gasteiger partial charge in [-0.05, 0) is 49.4 Å². The highest BCUT2D eigenvalue weighted by Crippen LogP contribution is 2.25. The minimum absolute atomic E-state index is 0.0690. The second-order valence-electron chi connectivity index (χ2n) is 6.58. The van der Waals surface area contributed by atoms with Crippen LogP contribution in [0.15, 0.2) is 18.2 Å². The van der Waals surface area contributed by atoms with E-state index in [1.807, 2.05) is 18.2 Å². The SMILES string of the molecule is C[C@H](OC(=O)CN1C(=O)CN(C)C1=O)C(=O)Nc1ccc2c(c1)CCC2. The van der Waals surface area contributed by atoms with Gasteiger partial charge in [0.2, 0.25) is 0 Å². The number of amides is 4. The number of likely N-dealkylation sites (N-methyl/N-ethyl adjacent to an activating group) is 1. The summed E-state index contributed by atoms with van der Waals surface area (Å²) >= 11 is 0. The molecule has 0 aromatic heterocycles. The first-order valence-corrected chi connectivity index (χ1v) is 8.53. The summed E-state index contributed by atoms with van der Waals surface area (Å²) in [6.07, 6.45) is 2.13. The third-order valence-corrected chi connectivity index (χ3v) is 4.56. The zero-order valence-corrected chi connectivity index (χ0v) is 14.8. The summed E-state index contributed by atoms with van der Waals surface area (Å²) < 4.78 is 5.06. The number of imide groups is 1. The quantitative estimate of drug-likeness (QED) is 0.623. The van der Waals surface area contributed by atoms with Crippen LogP contribution >= 0.6 is 0 Å². The molecule has 1 aromatic carbocycles. The van der Waals surface area contributed by atoms with Crippen molar-refractivity contribution in [1.82, 2.24) is 9.80 Å². The van der Waals surface area contributed by atoms with Crippen LogP contribution in [0.25, 0.3) is 0 Å². The van der Waals surface area contributed by atoms with Crippen molar-refractivity contribution < 1.29 is 23.9 Å². The first-order chi connectivity index (χ1) is 12.3. The van der Waals surface area contributed by atoms with Gasteiger partial charge in [-0.2, -0.15) is 0 Å². The number of hydrogen-bond donors (Lipinski definition) is 1. The fourth-order valence-electron chi connectivity index (χ4n) is 3.13. The molecule has 0 saturated carbocycles. The molecule has 2 aliphatic rings. The van der Waals surface area contributed by atoms with Crippen molar-refractivity contribution >= 4 is 29.5 Å². The van der Waals surface area contributed by atoms with E-state index in [-0.39, 0.29) is 6.54 Å². The van der Waals surface area contributed by atoms with E-state index >= 15 is 0 Å². The van der Waals surface area contributed by atoms with Crippen LogP contribution in [0.2, 0.25) is 0 Å². The number of carbonyl (C=O) groups is 4. The molecule has 8 heteroatoms. The molecule has 1 aromatic rings. The van der Waals surface area contributed by atoms with Crippen LogP contribution in [0.3, 0.4) is 0 Å². The molecular formula is C18H21N3O5. The Balaban J connectivity index is 1.53. The van der Waals surface area contributed by atoms with E-state index in [4.69, 9.17) is 4.74 Å². The molecule has 26 heavy (non-hydrogen) atoms. The number of aryl methyl sites for hydroxylation is 2. The van der Waals surface area contributed by atoms with Gasteiger partial charge in [-0.25, -0.2) is 4.79 Å². The Morgan fingerprint density at radius 1 is 1.23 bits per heavy atom. The van der Waals surface area contributed by atoms with Crippen LogP contribution in [0.5, 0.6) is 0 Å². The van der Waals surface area contributed by atoms with Crippen LogP contribution in [-0.2, 0) is 32.0 Å². The van der Waals surface area contributed by atoms with Gasteiger partial charge in [-0.15, -0.1) is 0 Å². The Morgan fingerprint density at radius 2 is 1.96 bits per heavy atom. The molecule has 4 amide bonds. The van der Waals surface area contributed by atoms with Gasteiger partial charge in [0.05, 0.1) is 0 Å². The number of benzene rings is 1. The average Bonchev–Trinajstić information content (AvgIpc) is 3.14. The van der Waals surface area contributed by atoms with E-state index in [0.29, 0.717) is 5.69 Å². The number of urea groups is 1. The Hall–Kier alpha value is -2.90. The lowest BCUT2D eigenvalue weighted by atomic mass is 10.1. The molecule has 1 aliphatic heterocycles. The topological polar surface area (TPSA) is 96.0 Å². The van der Waals surface area contributed by atoms with Crippen LogP contribution in [0, 0.1) is 0 Å². The van der Waals surface area contributed by atoms with Crippen LogP contribution in [-0.4, -0.2) is 59.9 Å². The molecule has 1 atom stereocenters. The zero-order chi connectivity index (χ0) is 18.8. The van der Waals surface area contributed by atoms with Gasteiger partial charge >= 0.3 is 12.0 Å². The summed E-state index contributed by atoms with van der Waals surface area (Å²) in [5.41, 5.74) is 3.18. The number of ether oxygens (including phenoxy) is 1. The molecule has 0 spiro atoms. The lowest BCUT2D eigenvalue weighted by Gasteiger charge is -2.17. The molecular weight excluding hydrogens is 338 g/mol. The van der Waals surface area contributed by atoms with Crippen molar-refractivity contribution in [2.75, 3.05) is 25.5 Å². The maximum atomic E-state index is 12.2. The standard InChI is InChI=1S/C18H21N3O5/c1-11(26-16(23)10-21-15(22)9-20(2)18(21)25)17(24)19-14-7-6-12-4-3-5-13(12)8-14/h6-8,11H,3-5,9-10H2,1-2H3,(H,19,24)/t11-/m0/s1. The molecule has 3 rings (SSSR count). The number of fused-ring (bicyclic) bond motifs is 1. The summed E-state index contributed by atoms with van der Waals surface area (Å²) in [5, 5.41) is 2.72. The number of nitrogens with zero attached hydrogens (tertiary/aromatic N) is 2. The number of nitrogens with one attached hydrogen (secondary N) is 1. The average molecular weight is 359 g/mol. The number of hydrogen-bond acceptors (Lipinski definition) is 5. The van der Waals surface area contributed by atoms with Crippen molar-refractivity contribution in [2.45, 2.75) is 32.3 Å². The van der Waals surface area contributed by atoms with Crippen LogP contribution in [0.4, 0.5) is 10.5 Å². The molecule has 1 fully saturated rings. The highest BCUT2D eigenvalue weighted by molar-refractivity contribution is 6.04. The fourth-order valence-corrected chi connectivity index (χ4v) is 3.13. The molecule has 0 unspecified atom stereocenters. The summed E-state index contributed by atoms with van der Waals surface area (Å²) in [6, 6.07) is 5.21. The molecule has 1 heterocycles. The van der Waals surface area contributed by atoms with Gasteiger partial charge in [0, 0.05) is 12.7 Å². The summed E-state index contributed by atoms with van der Waals surface area (Å²) in [7, 11) is 1.47. The lowest BCUT2D eigenvalue weighted by Crippen LogP contribution is -2.39. The molecule has 138 valence electrons. The monoisotopic (exact) mass is 359 g/mol. The molecule has 8 nitrogen and oxygen atoms in total. The van der Waals surface area contributed by atoms with Gasteiger partial charge in [0.25, 0.3) is 11.8 Å². The van der Waals surface area contributed by atoms with Gasteiger partial charge in [-0.1, -0.05) is 6.07 Å². The largest absolute Gasteiger partial charge is 0.451 e. The Bertz CT molecular complexity index is 776. The highest BCUT2D eigenvalue weighted by atomic mass is 16.5. The maximum absolute atomic E-state index is 12.2. The maximum Gasteiger partial charge on any atom is 0.327 e. The third kappa shape index (κ3) is 3.68. The van der Waals surface area contributed by atoms with E-state index in [1.165, 1.54) is 30.0 Å². The number of anilines is 1. The zero-order valence-electron chi connectivity index (χ0n) is 14.8. The van der Waals surface area contributed by atoms with Gasteiger partial charge in [-0.3, -0.25) is 19.3 Å². The van der Waals surface area contributed by atoms with E-state index in [9.17, 15) is 19.2 Å². The highest BCUT2D eigenvalue weighted by Gasteiger charge is 2.35. The molecule has 0 bridgehead atoms. The summed E-state index contributed by atoms with van der Waals surface area (Å²) in [4.78, 5) is 49.6. The molecule has 1 aliphatic carbocycles. The first-order valence-electron chi connectivity index (χ1n) is 8.53. The predicted molar refractivity (Wildman–Crippen MR) is 92.4 cm³/mol. The van der Waals surface area contributed by atoms with E-state index in [0.717, 1.165) is 24.2 Å². The normalized spacial score (nSPS) is 17.3. The Labute approximate surface area is 151 Å². The fraction of sp³-hybridized carbons (Fsp3) is 0.444. The van der Waals surface area contributed by atoms with Gasteiger partial charge < -0.3 is 15.0 Å². The first kappa shape index (κ1) is 17.9. The number of rotatable bonds is 5.